The van der Waals surface area contributed by atoms with E-state index in [0.717, 1.165) is 0 Å². The van der Waals surface area contributed by atoms with Crippen molar-refractivity contribution in [1.29, 1.82) is 0 Å². The van der Waals surface area contributed by atoms with Crippen LogP contribution in [0.15, 0.2) is 16.4 Å². The number of fused-ring (bicyclic) bond motifs is 1. The normalized spacial score (nSPS) is 22.8. The molecule has 25 heavy (non-hydrogen) atoms. The Bertz CT molecular complexity index is 717. The number of carbonyl (C=O) groups excluding carboxylic acids is 1. The number of nitrogens with one attached hydrogen (secondary N) is 2. The van der Waals surface area contributed by atoms with Crippen LogP contribution in [0.1, 0.15) is 49.0 Å². The fraction of sp³-hybridized carbons (Fsp3) is 0.625. The molecular formula is C16H20F2N6O. The van der Waals surface area contributed by atoms with E-state index in [0.29, 0.717) is 31.6 Å². The lowest BCUT2D eigenvalue weighted by atomic mass is 10.0. The number of anilines is 1. The smallest absolute Gasteiger partial charge is 0.260 e. The van der Waals surface area contributed by atoms with E-state index in [1.807, 2.05) is 0 Å². The second kappa shape index (κ2) is 6.78. The number of rotatable bonds is 7. The minimum atomic E-state index is -2.53. The fourth-order valence-electron chi connectivity index (χ4n) is 3.03. The van der Waals surface area contributed by atoms with Crippen LogP contribution in [0, 0.1) is 12.3 Å². The number of halogens is 2. The third-order valence-corrected chi connectivity index (χ3v) is 4.49. The van der Waals surface area contributed by atoms with Gasteiger partial charge in [-0.1, -0.05) is 0 Å². The van der Waals surface area contributed by atoms with Gasteiger partial charge in [-0.25, -0.2) is 13.5 Å². The Balaban J connectivity index is 1.61. The molecule has 0 unspecified atom stereocenters. The molecule has 1 aromatic rings. The van der Waals surface area contributed by atoms with Crippen LogP contribution in [0.4, 0.5) is 14.6 Å². The Kier molecular flexibility index (Phi) is 4.70. The van der Waals surface area contributed by atoms with Gasteiger partial charge in [0.1, 0.15) is 17.4 Å². The maximum Gasteiger partial charge on any atom is 0.260 e. The van der Waals surface area contributed by atoms with Crippen LogP contribution in [0.5, 0.6) is 0 Å². The van der Waals surface area contributed by atoms with Gasteiger partial charge >= 0.3 is 0 Å². The molecule has 0 radical (unpaired) electrons. The molecule has 0 aliphatic carbocycles. The van der Waals surface area contributed by atoms with E-state index < -0.39 is 18.1 Å². The summed E-state index contributed by atoms with van der Waals surface area (Å²) in [6, 6.07) is -1.19. The lowest BCUT2D eigenvalue weighted by Gasteiger charge is -2.30. The van der Waals surface area contributed by atoms with E-state index in [4.69, 9.17) is 6.42 Å². The standard InChI is InChI=1S/C16H20F2N6O/c1-3-4-5-16(22-23-16)6-7-19-15(25)11-9-20-24-12(13(17)18)8-10(2)21-14(11)24/h1,9-10,12-13,21H,4-8H2,2H3,(H,19,25)/t10-,12-/m1/s1. The minimum absolute atomic E-state index is 0.161. The molecule has 0 bridgehead atoms. The first-order chi connectivity index (χ1) is 12.0. The Morgan fingerprint density at radius 1 is 1.56 bits per heavy atom. The van der Waals surface area contributed by atoms with Gasteiger partial charge in [-0.15, -0.1) is 12.3 Å². The molecule has 1 amide bonds. The van der Waals surface area contributed by atoms with Crippen LogP contribution in [0.2, 0.25) is 0 Å². The van der Waals surface area contributed by atoms with Gasteiger partial charge in [0.15, 0.2) is 5.66 Å². The zero-order valence-corrected chi connectivity index (χ0v) is 13.9. The van der Waals surface area contributed by atoms with Crippen molar-refractivity contribution < 1.29 is 13.6 Å². The molecule has 7 nitrogen and oxygen atoms in total. The van der Waals surface area contributed by atoms with E-state index in [1.165, 1.54) is 10.9 Å². The maximum absolute atomic E-state index is 13.2. The van der Waals surface area contributed by atoms with E-state index in [1.54, 1.807) is 6.92 Å². The molecule has 2 aliphatic heterocycles. The largest absolute Gasteiger partial charge is 0.367 e. The zero-order chi connectivity index (χ0) is 18.0. The Labute approximate surface area is 144 Å². The molecule has 0 saturated heterocycles. The summed E-state index contributed by atoms with van der Waals surface area (Å²) in [7, 11) is 0. The summed E-state index contributed by atoms with van der Waals surface area (Å²) in [4.78, 5) is 12.4. The molecule has 2 atom stereocenters. The van der Waals surface area contributed by atoms with Crippen molar-refractivity contribution in [3.05, 3.63) is 11.8 Å². The van der Waals surface area contributed by atoms with Crippen molar-refractivity contribution in [3.8, 4) is 12.3 Å². The van der Waals surface area contributed by atoms with Gasteiger partial charge < -0.3 is 10.6 Å². The van der Waals surface area contributed by atoms with Crippen molar-refractivity contribution in [2.45, 2.75) is 56.8 Å². The van der Waals surface area contributed by atoms with E-state index in [9.17, 15) is 13.6 Å². The molecule has 3 rings (SSSR count). The van der Waals surface area contributed by atoms with E-state index in [-0.39, 0.29) is 23.9 Å². The van der Waals surface area contributed by atoms with Crippen molar-refractivity contribution in [2.24, 2.45) is 10.2 Å². The first-order valence-corrected chi connectivity index (χ1v) is 8.24. The second-order valence-electron chi connectivity index (χ2n) is 6.43. The molecule has 0 fully saturated rings. The van der Waals surface area contributed by atoms with Gasteiger partial charge in [-0.3, -0.25) is 4.79 Å². The van der Waals surface area contributed by atoms with Gasteiger partial charge in [0.2, 0.25) is 0 Å². The number of aromatic nitrogens is 2. The van der Waals surface area contributed by atoms with Crippen molar-refractivity contribution in [3.63, 3.8) is 0 Å². The fourth-order valence-corrected chi connectivity index (χ4v) is 3.03. The summed E-state index contributed by atoms with van der Waals surface area (Å²) < 4.78 is 27.6. The molecule has 0 aromatic carbocycles. The summed E-state index contributed by atoms with van der Waals surface area (Å²) in [5.41, 5.74) is -0.203. The Morgan fingerprint density at radius 2 is 2.32 bits per heavy atom. The maximum atomic E-state index is 13.2. The monoisotopic (exact) mass is 350 g/mol. The van der Waals surface area contributed by atoms with Crippen molar-refractivity contribution in [1.82, 2.24) is 15.1 Å². The van der Waals surface area contributed by atoms with Crippen molar-refractivity contribution >= 4 is 11.7 Å². The summed E-state index contributed by atoms with van der Waals surface area (Å²) in [5, 5.41) is 17.8. The molecular weight excluding hydrogens is 330 g/mol. The predicted molar refractivity (Wildman–Crippen MR) is 87.6 cm³/mol. The molecule has 0 spiro atoms. The molecule has 2 N–H and O–H groups in total. The Hall–Kier alpha value is -2.50. The predicted octanol–water partition coefficient (Wildman–Crippen LogP) is 2.59. The van der Waals surface area contributed by atoms with Crippen molar-refractivity contribution in [2.75, 3.05) is 11.9 Å². The highest BCUT2D eigenvalue weighted by Crippen LogP contribution is 2.36. The summed E-state index contributed by atoms with van der Waals surface area (Å²) in [5.74, 6) is 2.53. The molecule has 1 aromatic heterocycles. The molecule has 0 saturated carbocycles. The van der Waals surface area contributed by atoms with Crippen LogP contribution in [-0.4, -0.2) is 40.4 Å². The molecule has 3 heterocycles. The first kappa shape index (κ1) is 17.3. The van der Waals surface area contributed by atoms with Crippen LogP contribution in [0.25, 0.3) is 0 Å². The van der Waals surface area contributed by atoms with Crippen LogP contribution < -0.4 is 10.6 Å². The number of amides is 1. The minimum Gasteiger partial charge on any atom is -0.367 e. The van der Waals surface area contributed by atoms with E-state index >= 15 is 0 Å². The van der Waals surface area contributed by atoms with Crippen LogP contribution in [0.3, 0.4) is 0 Å². The van der Waals surface area contributed by atoms with Gasteiger partial charge in [0, 0.05) is 31.8 Å². The lowest BCUT2D eigenvalue weighted by Crippen LogP contribution is -2.35. The number of nitrogens with zero attached hydrogens (tertiary/aromatic N) is 4. The van der Waals surface area contributed by atoms with Crippen LogP contribution >= 0.6 is 0 Å². The van der Waals surface area contributed by atoms with Gasteiger partial charge in [0.05, 0.1) is 6.20 Å². The first-order valence-electron chi connectivity index (χ1n) is 8.24. The quantitative estimate of drug-likeness (QED) is 0.742. The number of hydrogen-bond donors (Lipinski definition) is 2. The highest BCUT2D eigenvalue weighted by molar-refractivity contribution is 5.98. The average Bonchev–Trinajstić information content (AvgIpc) is 3.21. The summed E-state index contributed by atoms with van der Waals surface area (Å²) in [6.45, 7) is 2.17. The SMILES string of the molecule is C#CCCC1(CCNC(=O)c2cnn3c2N[C@H](C)C[C@@H]3C(F)F)N=N1. The van der Waals surface area contributed by atoms with Crippen LogP contribution in [-0.2, 0) is 0 Å². The number of hydrogen-bond acceptors (Lipinski definition) is 5. The van der Waals surface area contributed by atoms with Gasteiger partial charge in [0.25, 0.3) is 12.3 Å². The molecule has 9 heteroatoms. The number of alkyl halides is 2. The van der Waals surface area contributed by atoms with Gasteiger partial charge in [-0.2, -0.15) is 15.3 Å². The topological polar surface area (TPSA) is 83.7 Å². The van der Waals surface area contributed by atoms with E-state index in [2.05, 4.69) is 31.9 Å². The third kappa shape index (κ3) is 3.62. The summed E-state index contributed by atoms with van der Waals surface area (Å²) in [6.07, 6.45) is 6.09. The number of carbonyl (C=O) groups is 1. The zero-order valence-electron chi connectivity index (χ0n) is 13.9. The molecule has 2 aliphatic rings. The summed E-state index contributed by atoms with van der Waals surface area (Å²) >= 11 is 0. The highest BCUT2D eigenvalue weighted by atomic mass is 19.3. The second-order valence-corrected chi connectivity index (χ2v) is 6.43. The lowest BCUT2D eigenvalue weighted by molar-refractivity contribution is 0.0666. The number of terminal acetylenes is 1. The highest BCUT2D eigenvalue weighted by Gasteiger charge is 2.39. The third-order valence-electron chi connectivity index (χ3n) is 4.49. The average molecular weight is 350 g/mol. The Morgan fingerprint density at radius 3 is 2.96 bits per heavy atom. The van der Waals surface area contributed by atoms with Gasteiger partial charge in [-0.05, 0) is 13.3 Å². The molecule has 134 valence electrons.